The average molecular weight is 444 g/mol. The molecule has 1 saturated heterocycles. The summed E-state index contributed by atoms with van der Waals surface area (Å²) < 4.78 is 0. The minimum absolute atomic E-state index is 0.129. The fourth-order valence-electron chi connectivity index (χ4n) is 3.89. The summed E-state index contributed by atoms with van der Waals surface area (Å²) in [5.41, 5.74) is 2.60. The van der Waals surface area contributed by atoms with Crippen LogP contribution in [0.15, 0.2) is 79.1 Å². The number of piperazine rings is 1. The molecule has 0 bridgehead atoms. The number of pyridine rings is 1. The number of likely N-dealkylation sites (N-methyl/N-ethyl adjacent to an activating group) is 1. The van der Waals surface area contributed by atoms with Gasteiger partial charge < -0.3 is 15.5 Å². The van der Waals surface area contributed by atoms with E-state index in [0.29, 0.717) is 16.8 Å². The first-order valence-electron chi connectivity index (χ1n) is 11.2. The van der Waals surface area contributed by atoms with Crippen LogP contribution >= 0.6 is 0 Å². The number of carbonyl (C=O) groups excluding carboxylic acids is 2. The van der Waals surface area contributed by atoms with Crippen LogP contribution in [0.25, 0.3) is 0 Å². The Kier molecular flexibility index (Phi) is 7.44. The third-order valence-electron chi connectivity index (χ3n) is 5.85. The fourth-order valence-corrected chi connectivity index (χ4v) is 3.89. The molecule has 2 amide bonds. The molecule has 170 valence electrons. The second kappa shape index (κ2) is 10.8. The molecule has 1 unspecified atom stereocenters. The summed E-state index contributed by atoms with van der Waals surface area (Å²) in [5, 5.41) is 6.04. The predicted octanol–water partition coefficient (Wildman–Crippen LogP) is 3.05. The number of rotatable bonds is 7. The Bertz CT molecular complexity index is 1070. The van der Waals surface area contributed by atoms with Crippen molar-refractivity contribution >= 4 is 17.5 Å². The van der Waals surface area contributed by atoms with Crippen molar-refractivity contribution in [3.63, 3.8) is 0 Å². The van der Waals surface area contributed by atoms with E-state index in [1.807, 2.05) is 30.3 Å². The summed E-state index contributed by atoms with van der Waals surface area (Å²) in [4.78, 5) is 34.3. The average Bonchev–Trinajstić information content (AvgIpc) is 2.86. The van der Waals surface area contributed by atoms with E-state index in [1.54, 1.807) is 42.6 Å². The molecule has 0 radical (unpaired) electrons. The van der Waals surface area contributed by atoms with Crippen LogP contribution in [0.1, 0.15) is 32.3 Å². The third kappa shape index (κ3) is 6.25. The minimum Gasteiger partial charge on any atom is -0.344 e. The Morgan fingerprint density at radius 1 is 0.909 bits per heavy atom. The molecule has 7 nitrogen and oxygen atoms in total. The van der Waals surface area contributed by atoms with E-state index in [-0.39, 0.29) is 17.9 Å². The van der Waals surface area contributed by atoms with Crippen LogP contribution in [0.5, 0.6) is 0 Å². The highest BCUT2D eigenvalue weighted by molar-refractivity contribution is 6.05. The van der Waals surface area contributed by atoms with Crippen LogP contribution in [0.4, 0.5) is 5.69 Å². The first-order valence-corrected chi connectivity index (χ1v) is 11.2. The van der Waals surface area contributed by atoms with Crippen molar-refractivity contribution in [2.75, 3.05) is 45.1 Å². The molecule has 1 aliphatic rings. The number of benzene rings is 2. The lowest BCUT2D eigenvalue weighted by Gasteiger charge is -2.35. The summed E-state index contributed by atoms with van der Waals surface area (Å²) in [7, 11) is 2.13. The zero-order chi connectivity index (χ0) is 23.0. The summed E-state index contributed by atoms with van der Waals surface area (Å²) >= 11 is 0. The van der Waals surface area contributed by atoms with E-state index in [0.717, 1.165) is 38.3 Å². The number of hydrogen-bond donors (Lipinski definition) is 2. The normalized spacial score (nSPS) is 15.5. The van der Waals surface area contributed by atoms with Crippen LogP contribution in [0.3, 0.4) is 0 Å². The van der Waals surface area contributed by atoms with Crippen LogP contribution in [-0.4, -0.2) is 66.4 Å². The number of carbonyl (C=O) groups is 2. The molecular weight excluding hydrogens is 414 g/mol. The lowest BCUT2D eigenvalue weighted by molar-refractivity contribution is 0.0906. The molecule has 3 aromatic rings. The zero-order valence-electron chi connectivity index (χ0n) is 18.8. The predicted molar refractivity (Wildman–Crippen MR) is 129 cm³/mol. The van der Waals surface area contributed by atoms with Crippen molar-refractivity contribution in [1.29, 1.82) is 0 Å². The highest BCUT2D eigenvalue weighted by atomic mass is 16.2. The second-order valence-corrected chi connectivity index (χ2v) is 8.32. The molecule has 2 heterocycles. The Morgan fingerprint density at radius 3 is 2.39 bits per heavy atom. The highest BCUT2D eigenvalue weighted by Crippen LogP contribution is 2.18. The van der Waals surface area contributed by atoms with Gasteiger partial charge in [-0.15, -0.1) is 0 Å². The van der Waals surface area contributed by atoms with E-state index >= 15 is 0 Å². The van der Waals surface area contributed by atoms with Crippen molar-refractivity contribution in [2.45, 2.75) is 6.04 Å². The highest BCUT2D eigenvalue weighted by Gasteiger charge is 2.22. The monoisotopic (exact) mass is 443 g/mol. The Morgan fingerprint density at radius 2 is 1.67 bits per heavy atom. The van der Waals surface area contributed by atoms with Crippen molar-refractivity contribution < 1.29 is 9.59 Å². The summed E-state index contributed by atoms with van der Waals surface area (Å²) in [5.74, 6) is -0.437. The summed E-state index contributed by atoms with van der Waals surface area (Å²) in [6.07, 6.45) is 3.13. The van der Waals surface area contributed by atoms with Crippen LogP contribution < -0.4 is 10.6 Å². The largest absolute Gasteiger partial charge is 0.344 e. The number of anilines is 1. The molecule has 4 rings (SSSR count). The minimum atomic E-state index is -0.266. The van der Waals surface area contributed by atoms with Crippen molar-refractivity contribution in [3.05, 3.63) is 95.8 Å². The maximum Gasteiger partial charge on any atom is 0.257 e. The van der Waals surface area contributed by atoms with Gasteiger partial charge in [-0.1, -0.05) is 36.4 Å². The summed E-state index contributed by atoms with van der Waals surface area (Å²) in [6.45, 7) is 4.75. The van der Waals surface area contributed by atoms with Gasteiger partial charge in [0.15, 0.2) is 0 Å². The molecule has 33 heavy (non-hydrogen) atoms. The fraction of sp³-hybridized carbons (Fsp3) is 0.269. The Balaban J connectivity index is 1.46. The lowest BCUT2D eigenvalue weighted by atomic mass is 10.0. The number of hydrogen-bond acceptors (Lipinski definition) is 5. The number of nitrogens with zero attached hydrogens (tertiary/aromatic N) is 3. The Hall–Kier alpha value is -3.55. The van der Waals surface area contributed by atoms with E-state index < -0.39 is 0 Å². The van der Waals surface area contributed by atoms with Gasteiger partial charge in [-0.05, 0) is 42.9 Å². The molecule has 2 aromatic carbocycles. The SMILES string of the molecule is CN1CCN(CC(NC(=O)c2cccc(NC(=O)c3cccnc3)c2)c2ccccc2)CC1. The molecule has 0 spiro atoms. The molecule has 1 aliphatic heterocycles. The second-order valence-electron chi connectivity index (χ2n) is 8.32. The van der Waals surface area contributed by atoms with Gasteiger partial charge in [0.2, 0.25) is 0 Å². The van der Waals surface area contributed by atoms with Gasteiger partial charge in [0.25, 0.3) is 11.8 Å². The maximum absolute atomic E-state index is 13.2. The third-order valence-corrected chi connectivity index (χ3v) is 5.85. The van der Waals surface area contributed by atoms with Crippen LogP contribution in [0.2, 0.25) is 0 Å². The van der Waals surface area contributed by atoms with E-state index in [9.17, 15) is 9.59 Å². The van der Waals surface area contributed by atoms with Crippen molar-refractivity contribution in [3.8, 4) is 0 Å². The van der Waals surface area contributed by atoms with Crippen molar-refractivity contribution in [2.24, 2.45) is 0 Å². The molecule has 0 aliphatic carbocycles. The van der Waals surface area contributed by atoms with Gasteiger partial charge >= 0.3 is 0 Å². The Labute approximate surface area is 194 Å². The molecule has 1 fully saturated rings. The number of aromatic nitrogens is 1. The standard InChI is InChI=1S/C26H29N5O2/c1-30-13-15-31(16-14-30)19-24(20-7-3-2-4-8-20)29-25(32)21-9-5-11-23(17-21)28-26(33)22-10-6-12-27-18-22/h2-12,17-18,24H,13-16,19H2,1H3,(H,28,33)(H,29,32). The topological polar surface area (TPSA) is 77.6 Å². The van der Waals surface area contributed by atoms with E-state index in [4.69, 9.17) is 0 Å². The zero-order valence-corrected chi connectivity index (χ0v) is 18.8. The van der Waals surface area contributed by atoms with Gasteiger partial charge in [0.05, 0.1) is 11.6 Å². The quantitative estimate of drug-likeness (QED) is 0.587. The van der Waals surface area contributed by atoms with Gasteiger partial charge in [-0.25, -0.2) is 0 Å². The molecule has 0 saturated carbocycles. The van der Waals surface area contributed by atoms with E-state index in [2.05, 4.69) is 32.5 Å². The number of amides is 2. The van der Waals surface area contributed by atoms with Gasteiger partial charge in [-0.3, -0.25) is 19.5 Å². The summed E-state index contributed by atoms with van der Waals surface area (Å²) in [6, 6.07) is 20.3. The number of nitrogens with one attached hydrogen (secondary N) is 2. The molecular formula is C26H29N5O2. The van der Waals surface area contributed by atoms with Gasteiger partial charge in [0.1, 0.15) is 0 Å². The van der Waals surface area contributed by atoms with E-state index in [1.165, 1.54) is 6.20 Å². The van der Waals surface area contributed by atoms with Crippen LogP contribution in [-0.2, 0) is 0 Å². The van der Waals surface area contributed by atoms with Gasteiger partial charge in [0, 0.05) is 56.4 Å². The van der Waals surface area contributed by atoms with Crippen molar-refractivity contribution in [1.82, 2.24) is 20.1 Å². The first-order chi connectivity index (χ1) is 16.1. The molecule has 2 N–H and O–H groups in total. The first kappa shape index (κ1) is 22.6. The maximum atomic E-state index is 13.2. The molecule has 7 heteroatoms. The van der Waals surface area contributed by atoms with Gasteiger partial charge in [-0.2, -0.15) is 0 Å². The molecule has 1 aromatic heterocycles. The van der Waals surface area contributed by atoms with Crippen LogP contribution in [0, 0.1) is 0 Å². The smallest absolute Gasteiger partial charge is 0.257 e. The lowest BCUT2D eigenvalue weighted by Crippen LogP contribution is -2.47. The molecule has 1 atom stereocenters.